The monoisotopic (exact) mass is 338 g/mol. The molecule has 0 fully saturated rings. The Kier molecular flexibility index (Phi) is 5.03. The molecule has 25 heavy (non-hydrogen) atoms. The van der Waals surface area contributed by atoms with Gasteiger partial charge in [-0.3, -0.25) is 9.59 Å². The smallest absolute Gasteiger partial charge is 0.261 e. The predicted octanol–water partition coefficient (Wildman–Crippen LogP) is 2.90. The normalized spacial score (nSPS) is 15.4. The number of ether oxygens (including phenoxy) is 1. The molecule has 0 radical (unpaired) electrons. The van der Waals surface area contributed by atoms with E-state index in [9.17, 15) is 9.59 Å². The first-order valence-corrected chi connectivity index (χ1v) is 8.45. The lowest BCUT2D eigenvalue weighted by atomic mass is 10.1. The SMILES string of the molecule is CC(C)C(=O)Nc1ccc(CNC(=O)C2Cc3ccccc3O2)cc1. The van der Waals surface area contributed by atoms with Gasteiger partial charge in [0.1, 0.15) is 5.75 Å². The molecule has 0 saturated heterocycles. The van der Waals surface area contributed by atoms with Gasteiger partial charge in [-0.2, -0.15) is 0 Å². The van der Waals surface area contributed by atoms with Crippen molar-refractivity contribution in [1.82, 2.24) is 5.32 Å². The van der Waals surface area contributed by atoms with Gasteiger partial charge in [0.2, 0.25) is 5.91 Å². The van der Waals surface area contributed by atoms with E-state index in [-0.39, 0.29) is 17.7 Å². The molecule has 2 N–H and O–H groups in total. The Morgan fingerprint density at radius 3 is 2.52 bits per heavy atom. The van der Waals surface area contributed by atoms with Crippen LogP contribution in [-0.2, 0) is 22.6 Å². The second kappa shape index (κ2) is 7.38. The van der Waals surface area contributed by atoms with Gasteiger partial charge in [-0.25, -0.2) is 0 Å². The molecule has 0 aromatic heterocycles. The van der Waals surface area contributed by atoms with Crippen LogP contribution in [0.1, 0.15) is 25.0 Å². The van der Waals surface area contributed by atoms with Crippen LogP contribution in [0.2, 0.25) is 0 Å². The second-order valence-electron chi connectivity index (χ2n) is 6.48. The van der Waals surface area contributed by atoms with Gasteiger partial charge in [0.25, 0.3) is 5.91 Å². The molecule has 3 rings (SSSR count). The first kappa shape index (κ1) is 17.0. The van der Waals surface area contributed by atoms with E-state index >= 15 is 0 Å². The number of nitrogens with one attached hydrogen (secondary N) is 2. The fraction of sp³-hybridized carbons (Fsp3) is 0.300. The van der Waals surface area contributed by atoms with E-state index < -0.39 is 6.10 Å². The molecule has 2 aromatic rings. The van der Waals surface area contributed by atoms with Crippen molar-refractivity contribution in [3.8, 4) is 5.75 Å². The molecule has 0 aliphatic carbocycles. The lowest BCUT2D eigenvalue weighted by Gasteiger charge is -2.12. The zero-order valence-corrected chi connectivity index (χ0v) is 14.4. The van der Waals surface area contributed by atoms with E-state index in [1.165, 1.54) is 0 Å². The Morgan fingerprint density at radius 1 is 1.12 bits per heavy atom. The molecule has 130 valence electrons. The zero-order valence-electron chi connectivity index (χ0n) is 14.4. The number of amides is 2. The molecule has 5 nitrogen and oxygen atoms in total. The van der Waals surface area contributed by atoms with Gasteiger partial charge in [0.05, 0.1) is 0 Å². The highest BCUT2D eigenvalue weighted by Crippen LogP contribution is 2.28. The summed E-state index contributed by atoms with van der Waals surface area (Å²) in [5, 5.41) is 5.74. The molecule has 2 aromatic carbocycles. The maximum atomic E-state index is 12.3. The van der Waals surface area contributed by atoms with Crippen molar-refractivity contribution >= 4 is 17.5 Å². The summed E-state index contributed by atoms with van der Waals surface area (Å²) in [6.07, 6.45) is 0.129. The fourth-order valence-corrected chi connectivity index (χ4v) is 2.62. The Labute approximate surface area is 147 Å². The van der Waals surface area contributed by atoms with Gasteiger partial charge in [-0.05, 0) is 29.3 Å². The number of hydrogen-bond donors (Lipinski definition) is 2. The van der Waals surface area contributed by atoms with E-state index in [4.69, 9.17) is 4.74 Å². The second-order valence-corrected chi connectivity index (χ2v) is 6.48. The van der Waals surface area contributed by atoms with Gasteiger partial charge >= 0.3 is 0 Å². The predicted molar refractivity (Wildman–Crippen MR) is 96.3 cm³/mol. The standard InChI is InChI=1S/C20H22N2O3/c1-13(2)19(23)22-16-9-7-14(8-10-16)12-21-20(24)18-11-15-5-3-4-6-17(15)25-18/h3-10,13,18H,11-12H2,1-2H3,(H,21,24)(H,22,23). The minimum atomic E-state index is -0.470. The van der Waals surface area contributed by atoms with Crippen LogP contribution in [0.25, 0.3) is 0 Å². The minimum Gasteiger partial charge on any atom is -0.480 e. The highest BCUT2D eigenvalue weighted by atomic mass is 16.5. The summed E-state index contributed by atoms with van der Waals surface area (Å²) >= 11 is 0. The first-order chi connectivity index (χ1) is 12.0. The zero-order chi connectivity index (χ0) is 17.8. The summed E-state index contributed by atoms with van der Waals surface area (Å²) in [6, 6.07) is 15.2. The quantitative estimate of drug-likeness (QED) is 0.881. The highest BCUT2D eigenvalue weighted by Gasteiger charge is 2.28. The molecule has 0 saturated carbocycles. The van der Waals surface area contributed by atoms with Crippen LogP contribution < -0.4 is 15.4 Å². The number of carbonyl (C=O) groups excluding carboxylic acids is 2. The van der Waals surface area contributed by atoms with Gasteiger partial charge in [-0.1, -0.05) is 44.2 Å². The van der Waals surface area contributed by atoms with Crippen molar-refractivity contribution in [2.75, 3.05) is 5.32 Å². The summed E-state index contributed by atoms with van der Waals surface area (Å²) in [5.74, 6) is 0.592. The third-order valence-electron chi connectivity index (χ3n) is 4.15. The van der Waals surface area contributed by atoms with E-state index in [0.29, 0.717) is 13.0 Å². The van der Waals surface area contributed by atoms with Crippen LogP contribution >= 0.6 is 0 Å². The Hall–Kier alpha value is -2.82. The number of anilines is 1. The molecule has 2 amide bonds. The van der Waals surface area contributed by atoms with Crippen molar-refractivity contribution < 1.29 is 14.3 Å². The Balaban J connectivity index is 1.50. The number of rotatable bonds is 5. The van der Waals surface area contributed by atoms with Crippen molar-refractivity contribution in [3.63, 3.8) is 0 Å². The molecule has 1 atom stereocenters. The minimum absolute atomic E-state index is 0.0148. The van der Waals surface area contributed by atoms with Gasteiger partial charge in [-0.15, -0.1) is 0 Å². The van der Waals surface area contributed by atoms with Crippen molar-refractivity contribution in [2.24, 2.45) is 5.92 Å². The summed E-state index contributed by atoms with van der Waals surface area (Å²) in [7, 11) is 0. The number of hydrogen-bond acceptors (Lipinski definition) is 3. The molecular weight excluding hydrogens is 316 g/mol. The van der Waals surface area contributed by atoms with E-state index in [1.807, 2.05) is 62.4 Å². The van der Waals surface area contributed by atoms with Crippen LogP contribution in [0.15, 0.2) is 48.5 Å². The Bertz CT molecular complexity index is 744. The summed E-state index contributed by atoms with van der Waals surface area (Å²) < 4.78 is 5.68. The molecule has 1 aliphatic heterocycles. The van der Waals surface area contributed by atoms with Gasteiger partial charge in [0, 0.05) is 24.6 Å². The molecule has 1 unspecified atom stereocenters. The van der Waals surface area contributed by atoms with Crippen molar-refractivity contribution in [1.29, 1.82) is 0 Å². The van der Waals surface area contributed by atoms with Crippen LogP contribution in [0.3, 0.4) is 0 Å². The molecule has 1 heterocycles. The summed E-state index contributed by atoms with van der Waals surface area (Å²) in [6.45, 7) is 4.12. The van der Waals surface area contributed by atoms with Gasteiger partial charge in [0.15, 0.2) is 6.10 Å². The van der Waals surface area contributed by atoms with Crippen LogP contribution in [0.5, 0.6) is 5.75 Å². The Morgan fingerprint density at radius 2 is 1.84 bits per heavy atom. The van der Waals surface area contributed by atoms with Crippen molar-refractivity contribution in [3.05, 3.63) is 59.7 Å². The van der Waals surface area contributed by atoms with E-state index in [2.05, 4.69) is 10.6 Å². The third kappa shape index (κ3) is 4.18. The van der Waals surface area contributed by atoms with Crippen molar-refractivity contribution in [2.45, 2.75) is 32.9 Å². The highest BCUT2D eigenvalue weighted by molar-refractivity contribution is 5.92. The summed E-state index contributed by atoms with van der Waals surface area (Å²) in [4.78, 5) is 24.0. The average molecular weight is 338 g/mol. The lowest BCUT2D eigenvalue weighted by Crippen LogP contribution is -2.37. The molecular formula is C20H22N2O3. The third-order valence-corrected chi connectivity index (χ3v) is 4.15. The molecule has 0 bridgehead atoms. The number of fused-ring (bicyclic) bond motifs is 1. The first-order valence-electron chi connectivity index (χ1n) is 8.45. The fourth-order valence-electron chi connectivity index (χ4n) is 2.62. The van der Waals surface area contributed by atoms with E-state index in [0.717, 1.165) is 22.6 Å². The molecule has 1 aliphatic rings. The van der Waals surface area contributed by atoms with Gasteiger partial charge < -0.3 is 15.4 Å². The topological polar surface area (TPSA) is 67.4 Å². The lowest BCUT2D eigenvalue weighted by molar-refractivity contribution is -0.127. The number of para-hydroxylation sites is 1. The summed E-state index contributed by atoms with van der Waals surface area (Å²) in [5.41, 5.74) is 2.78. The average Bonchev–Trinajstić information content (AvgIpc) is 3.05. The van der Waals surface area contributed by atoms with Crippen LogP contribution in [0, 0.1) is 5.92 Å². The van der Waals surface area contributed by atoms with Crippen LogP contribution in [0.4, 0.5) is 5.69 Å². The van der Waals surface area contributed by atoms with E-state index in [1.54, 1.807) is 0 Å². The number of carbonyl (C=O) groups is 2. The maximum absolute atomic E-state index is 12.3. The number of benzene rings is 2. The van der Waals surface area contributed by atoms with Crippen LogP contribution in [-0.4, -0.2) is 17.9 Å². The molecule has 0 spiro atoms. The maximum Gasteiger partial charge on any atom is 0.261 e. The largest absolute Gasteiger partial charge is 0.480 e. The molecule has 5 heteroatoms.